The van der Waals surface area contributed by atoms with Gasteiger partial charge in [0, 0.05) is 11.9 Å². The fourth-order valence-electron chi connectivity index (χ4n) is 1.92. The van der Waals surface area contributed by atoms with Crippen molar-refractivity contribution in [1.82, 2.24) is 9.38 Å². The van der Waals surface area contributed by atoms with Crippen LogP contribution in [0.25, 0.3) is 5.65 Å². The van der Waals surface area contributed by atoms with Gasteiger partial charge in [-0.15, -0.1) is 0 Å². The summed E-state index contributed by atoms with van der Waals surface area (Å²) in [6.45, 7) is 0. The number of amides is 2. The molecule has 22 heavy (non-hydrogen) atoms. The van der Waals surface area contributed by atoms with E-state index in [-0.39, 0.29) is 0 Å². The van der Waals surface area contributed by atoms with Crippen molar-refractivity contribution in [2.45, 2.75) is 0 Å². The van der Waals surface area contributed by atoms with Gasteiger partial charge in [-0.05, 0) is 24.3 Å². The number of benzene rings is 1. The maximum absolute atomic E-state index is 11.9. The van der Waals surface area contributed by atoms with Gasteiger partial charge in [-0.1, -0.05) is 29.8 Å². The van der Waals surface area contributed by atoms with E-state index in [9.17, 15) is 9.59 Å². The van der Waals surface area contributed by atoms with Crippen LogP contribution in [0.2, 0.25) is 5.15 Å². The number of aromatic nitrogens is 2. The number of carbonyl (C=O) groups excluding carboxylic acids is 2. The fraction of sp³-hybridized carbons (Fsp3) is 0. The zero-order chi connectivity index (χ0) is 15.5. The van der Waals surface area contributed by atoms with Gasteiger partial charge in [0.25, 0.3) is 0 Å². The topological polar surface area (TPSA) is 75.5 Å². The molecule has 2 heterocycles. The molecule has 0 saturated carbocycles. The number of pyridine rings is 1. The van der Waals surface area contributed by atoms with Crippen LogP contribution in [0, 0.1) is 0 Å². The molecule has 0 aliphatic heterocycles. The maximum atomic E-state index is 11.9. The second kappa shape index (κ2) is 5.87. The summed E-state index contributed by atoms with van der Waals surface area (Å²) in [5, 5.41) is 5.44. The molecule has 0 aliphatic rings. The molecule has 0 bridgehead atoms. The van der Waals surface area contributed by atoms with E-state index in [1.807, 2.05) is 6.07 Å². The summed E-state index contributed by atoms with van der Waals surface area (Å²) in [5.74, 6) is -1.51. The number of nitrogens with one attached hydrogen (secondary N) is 2. The van der Waals surface area contributed by atoms with Gasteiger partial charge in [-0.3, -0.25) is 14.0 Å². The Morgan fingerprint density at radius 3 is 2.36 bits per heavy atom. The van der Waals surface area contributed by atoms with Gasteiger partial charge in [-0.2, -0.15) is 0 Å². The van der Waals surface area contributed by atoms with E-state index in [1.54, 1.807) is 47.0 Å². The molecule has 3 aromatic rings. The van der Waals surface area contributed by atoms with Crippen molar-refractivity contribution in [2.75, 3.05) is 10.6 Å². The molecule has 0 spiro atoms. The molecule has 2 N–H and O–H groups in total. The quantitative estimate of drug-likeness (QED) is 0.714. The number of carbonyl (C=O) groups is 2. The van der Waals surface area contributed by atoms with Gasteiger partial charge in [0.1, 0.15) is 10.8 Å². The summed E-state index contributed by atoms with van der Waals surface area (Å²) in [6.07, 6.45) is 3.10. The van der Waals surface area contributed by atoms with E-state index in [0.717, 1.165) is 0 Å². The summed E-state index contributed by atoms with van der Waals surface area (Å²) in [4.78, 5) is 27.8. The van der Waals surface area contributed by atoms with E-state index in [2.05, 4.69) is 15.6 Å². The van der Waals surface area contributed by atoms with Crippen LogP contribution < -0.4 is 10.6 Å². The molecule has 0 unspecified atom stereocenters. The average molecular weight is 315 g/mol. The van der Waals surface area contributed by atoms with Gasteiger partial charge in [0.15, 0.2) is 0 Å². The Balaban J connectivity index is 1.72. The minimum atomic E-state index is -0.764. The van der Waals surface area contributed by atoms with Crippen molar-refractivity contribution < 1.29 is 9.59 Å². The Morgan fingerprint density at radius 2 is 1.64 bits per heavy atom. The summed E-state index contributed by atoms with van der Waals surface area (Å²) in [6, 6.07) is 12.1. The Morgan fingerprint density at radius 1 is 0.955 bits per heavy atom. The third-order valence-electron chi connectivity index (χ3n) is 2.96. The number of fused-ring (bicyclic) bond motifs is 1. The van der Waals surface area contributed by atoms with Crippen LogP contribution in [0.5, 0.6) is 0 Å². The molecule has 2 amide bonds. The van der Waals surface area contributed by atoms with Gasteiger partial charge in [0.05, 0.1) is 11.9 Å². The lowest BCUT2D eigenvalue weighted by Crippen LogP contribution is -2.29. The smallest absolute Gasteiger partial charge is 0.314 e. The van der Waals surface area contributed by atoms with E-state index < -0.39 is 11.8 Å². The number of hydrogen-bond donors (Lipinski definition) is 2. The van der Waals surface area contributed by atoms with Crippen molar-refractivity contribution in [1.29, 1.82) is 0 Å². The largest absolute Gasteiger partial charge is 0.318 e. The van der Waals surface area contributed by atoms with Crippen molar-refractivity contribution in [3.63, 3.8) is 0 Å². The molecule has 3 rings (SSSR count). The molecule has 0 atom stereocenters. The van der Waals surface area contributed by atoms with Crippen molar-refractivity contribution in [3.05, 3.63) is 60.0 Å². The van der Waals surface area contributed by atoms with Crippen LogP contribution in [0.3, 0.4) is 0 Å². The molecule has 0 aliphatic carbocycles. The number of imidazole rings is 1. The highest BCUT2D eigenvalue weighted by atomic mass is 35.5. The predicted octanol–water partition coefficient (Wildman–Crippen LogP) is 2.56. The third-order valence-corrected chi connectivity index (χ3v) is 3.24. The van der Waals surface area contributed by atoms with Crippen molar-refractivity contribution >= 4 is 40.4 Å². The lowest BCUT2D eigenvalue weighted by molar-refractivity contribution is -0.133. The maximum Gasteiger partial charge on any atom is 0.314 e. The van der Waals surface area contributed by atoms with Crippen LogP contribution in [0.4, 0.5) is 11.4 Å². The zero-order valence-corrected chi connectivity index (χ0v) is 12.0. The number of hydrogen-bond acceptors (Lipinski definition) is 3. The number of para-hydroxylation sites is 1. The first kappa shape index (κ1) is 14.1. The minimum Gasteiger partial charge on any atom is -0.318 e. The Kier molecular flexibility index (Phi) is 3.76. The average Bonchev–Trinajstić information content (AvgIpc) is 2.89. The molecule has 0 fully saturated rings. The summed E-state index contributed by atoms with van der Waals surface area (Å²) in [7, 11) is 0. The van der Waals surface area contributed by atoms with Gasteiger partial charge in [0.2, 0.25) is 0 Å². The summed E-state index contributed by atoms with van der Waals surface area (Å²) in [5.41, 5.74) is 1.65. The normalized spacial score (nSPS) is 10.4. The van der Waals surface area contributed by atoms with E-state index in [4.69, 9.17) is 11.6 Å². The van der Waals surface area contributed by atoms with Gasteiger partial charge < -0.3 is 10.6 Å². The summed E-state index contributed by atoms with van der Waals surface area (Å²) >= 11 is 5.96. The second-order valence-corrected chi connectivity index (χ2v) is 4.89. The first-order chi connectivity index (χ1) is 10.6. The minimum absolute atomic E-state index is 0.417. The van der Waals surface area contributed by atoms with Crippen LogP contribution in [-0.2, 0) is 9.59 Å². The molecule has 6 nitrogen and oxygen atoms in total. The number of rotatable bonds is 2. The van der Waals surface area contributed by atoms with Gasteiger partial charge >= 0.3 is 11.8 Å². The van der Waals surface area contributed by atoms with Crippen molar-refractivity contribution in [2.24, 2.45) is 0 Å². The van der Waals surface area contributed by atoms with E-state index in [1.165, 1.54) is 6.20 Å². The van der Waals surface area contributed by atoms with E-state index in [0.29, 0.717) is 22.2 Å². The zero-order valence-electron chi connectivity index (χ0n) is 11.3. The molecule has 0 saturated heterocycles. The number of halogens is 1. The molecular weight excluding hydrogens is 304 g/mol. The molecule has 0 radical (unpaired) electrons. The first-order valence-electron chi connectivity index (χ1n) is 6.43. The Hall–Kier alpha value is -2.86. The SMILES string of the molecule is O=C(Nc1ccccc1)C(=O)Nc1ccc2ncc(Cl)n2c1. The fourth-order valence-corrected chi connectivity index (χ4v) is 2.11. The lowest BCUT2D eigenvalue weighted by Gasteiger charge is -2.07. The Bertz CT molecular complexity index is 845. The number of anilines is 2. The van der Waals surface area contributed by atoms with Crippen LogP contribution >= 0.6 is 11.6 Å². The van der Waals surface area contributed by atoms with Crippen LogP contribution in [0.1, 0.15) is 0 Å². The molecule has 1 aromatic carbocycles. The predicted molar refractivity (Wildman–Crippen MR) is 83.9 cm³/mol. The molecule has 7 heteroatoms. The van der Waals surface area contributed by atoms with Crippen LogP contribution in [-0.4, -0.2) is 21.2 Å². The molecule has 110 valence electrons. The lowest BCUT2D eigenvalue weighted by atomic mass is 10.3. The third kappa shape index (κ3) is 2.91. The van der Waals surface area contributed by atoms with Crippen molar-refractivity contribution in [3.8, 4) is 0 Å². The monoisotopic (exact) mass is 314 g/mol. The van der Waals surface area contributed by atoms with Crippen LogP contribution in [0.15, 0.2) is 54.9 Å². The summed E-state index contributed by atoms with van der Waals surface area (Å²) < 4.78 is 1.60. The standard InChI is InChI=1S/C15H11ClN4O2/c16-12-8-17-13-7-6-11(9-20(12)13)19-15(22)14(21)18-10-4-2-1-3-5-10/h1-9H,(H,18,21)(H,19,22). The highest BCUT2D eigenvalue weighted by molar-refractivity contribution is 6.43. The van der Waals surface area contributed by atoms with E-state index >= 15 is 0 Å². The Labute approximate surface area is 130 Å². The second-order valence-electron chi connectivity index (χ2n) is 4.50. The molecule has 2 aromatic heterocycles. The highest BCUT2D eigenvalue weighted by Crippen LogP contribution is 2.16. The first-order valence-corrected chi connectivity index (χ1v) is 6.81. The highest BCUT2D eigenvalue weighted by Gasteiger charge is 2.14. The van der Waals surface area contributed by atoms with Gasteiger partial charge in [-0.25, -0.2) is 4.98 Å². The number of nitrogens with zero attached hydrogens (tertiary/aromatic N) is 2. The molecular formula is C15H11ClN4O2.